The minimum Gasteiger partial charge on any atom is -0.466 e. The van der Waals surface area contributed by atoms with Crippen molar-refractivity contribution in [1.82, 2.24) is 4.98 Å². The molecule has 1 unspecified atom stereocenters. The van der Waals surface area contributed by atoms with Gasteiger partial charge in [-0.15, -0.1) is 11.3 Å². The number of nitrogens with one attached hydrogen (secondary N) is 1. The zero-order chi connectivity index (χ0) is 19.6. The molecule has 0 aliphatic rings. The van der Waals surface area contributed by atoms with Crippen molar-refractivity contribution in [1.29, 1.82) is 0 Å². The normalized spacial score (nSPS) is 12.3. The van der Waals surface area contributed by atoms with Crippen molar-refractivity contribution in [2.45, 2.75) is 46.3 Å². The smallest absolute Gasteiger partial charge is 0.311 e. The van der Waals surface area contributed by atoms with Gasteiger partial charge in [-0.3, -0.25) is 10.2 Å². The van der Waals surface area contributed by atoms with Gasteiger partial charge in [0.2, 0.25) is 5.13 Å². The van der Waals surface area contributed by atoms with Gasteiger partial charge in [-0.25, -0.2) is 9.37 Å². The quantitative estimate of drug-likeness (QED) is 0.373. The molecule has 1 heterocycles. The lowest BCUT2D eigenvalue weighted by Crippen LogP contribution is -2.08. The van der Waals surface area contributed by atoms with Gasteiger partial charge in [0.1, 0.15) is 5.82 Å². The van der Waals surface area contributed by atoms with E-state index >= 15 is 0 Å². The molecule has 0 saturated heterocycles. The second-order valence-corrected chi connectivity index (χ2v) is 6.73. The minimum atomic E-state index is -0.314. The molecular weight excluding hydrogens is 369 g/mol. The lowest BCUT2D eigenvalue weighted by Gasteiger charge is -2.12. The third kappa shape index (κ3) is 7.07. The Morgan fingerprint density at radius 2 is 2.26 bits per heavy atom. The van der Waals surface area contributed by atoms with Crippen molar-refractivity contribution in [2.75, 3.05) is 12.0 Å². The maximum absolute atomic E-state index is 13.5. The summed E-state index contributed by atoms with van der Waals surface area (Å²) in [5.74, 6) is -0.624. The van der Waals surface area contributed by atoms with Crippen LogP contribution in [0.15, 0.2) is 28.7 Å². The van der Waals surface area contributed by atoms with Crippen LogP contribution in [0.1, 0.15) is 44.0 Å². The van der Waals surface area contributed by atoms with Gasteiger partial charge in [-0.2, -0.15) is 5.10 Å². The van der Waals surface area contributed by atoms with Gasteiger partial charge in [-0.1, -0.05) is 13.0 Å². The fourth-order valence-corrected chi connectivity index (χ4v) is 2.79. The van der Waals surface area contributed by atoms with Crippen molar-refractivity contribution in [2.24, 2.45) is 5.10 Å². The second-order valence-electron chi connectivity index (χ2n) is 5.87. The third-order valence-electron chi connectivity index (χ3n) is 3.75. The van der Waals surface area contributed by atoms with Crippen LogP contribution in [0, 0.1) is 5.82 Å². The SMILES string of the molecule is CCOC(=O)Cc1csc(NN=Cc2ccc(F)cc2COC(C)CC)n1. The van der Waals surface area contributed by atoms with E-state index in [1.54, 1.807) is 24.6 Å². The molecule has 0 aliphatic carbocycles. The monoisotopic (exact) mass is 393 g/mol. The lowest BCUT2D eigenvalue weighted by molar-refractivity contribution is -0.142. The first-order valence-electron chi connectivity index (χ1n) is 8.80. The number of aromatic nitrogens is 1. The average Bonchev–Trinajstić information content (AvgIpc) is 3.08. The number of anilines is 1. The number of thiazole rings is 1. The Balaban J connectivity index is 1.97. The number of hydrazone groups is 1. The van der Waals surface area contributed by atoms with Crippen molar-refractivity contribution in [3.63, 3.8) is 0 Å². The molecule has 0 bridgehead atoms. The van der Waals surface area contributed by atoms with Crippen LogP contribution >= 0.6 is 11.3 Å². The average molecular weight is 393 g/mol. The van der Waals surface area contributed by atoms with Gasteiger partial charge in [-0.05, 0) is 38.0 Å². The van der Waals surface area contributed by atoms with Gasteiger partial charge >= 0.3 is 5.97 Å². The molecule has 2 rings (SSSR count). The number of hydrogen-bond acceptors (Lipinski definition) is 7. The fraction of sp³-hybridized carbons (Fsp3) is 0.421. The molecule has 0 spiro atoms. The largest absolute Gasteiger partial charge is 0.466 e. The Morgan fingerprint density at radius 1 is 1.44 bits per heavy atom. The maximum atomic E-state index is 13.5. The van der Waals surface area contributed by atoms with Gasteiger partial charge < -0.3 is 9.47 Å². The summed E-state index contributed by atoms with van der Waals surface area (Å²) in [6.07, 6.45) is 2.72. The summed E-state index contributed by atoms with van der Waals surface area (Å²) < 4.78 is 24.1. The van der Waals surface area contributed by atoms with E-state index in [4.69, 9.17) is 9.47 Å². The summed E-state index contributed by atoms with van der Waals surface area (Å²) in [6, 6.07) is 4.49. The molecule has 1 N–H and O–H groups in total. The predicted octanol–water partition coefficient (Wildman–Crippen LogP) is 4.15. The van der Waals surface area contributed by atoms with E-state index in [-0.39, 0.29) is 24.3 Å². The van der Waals surface area contributed by atoms with Crippen LogP contribution in [0.4, 0.5) is 9.52 Å². The van der Waals surface area contributed by atoms with Crippen LogP contribution < -0.4 is 5.43 Å². The molecule has 0 saturated carbocycles. The van der Waals surface area contributed by atoms with Crippen molar-refractivity contribution in [3.8, 4) is 0 Å². The summed E-state index contributed by atoms with van der Waals surface area (Å²) in [7, 11) is 0. The third-order valence-corrected chi connectivity index (χ3v) is 4.55. The zero-order valence-electron chi connectivity index (χ0n) is 15.7. The van der Waals surface area contributed by atoms with Crippen LogP contribution in [-0.4, -0.2) is 29.9 Å². The number of carbonyl (C=O) groups excluding carboxylic acids is 1. The molecule has 146 valence electrons. The molecule has 8 heteroatoms. The van der Waals surface area contributed by atoms with E-state index in [0.717, 1.165) is 17.5 Å². The topological polar surface area (TPSA) is 72.8 Å². The highest BCUT2D eigenvalue weighted by Gasteiger charge is 2.08. The number of benzene rings is 1. The van der Waals surface area contributed by atoms with Gasteiger partial charge in [0.05, 0.1) is 37.6 Å². The first-order chi connectivity index (χ1) is 13.0. The molecule has 1 aromatic carbocycles. The summed E-state index contributed by atoms with van der Waals surface area (Å²) in [6.45, 7) is 6.43. The number of hydrogen-bond donors (Lipinski definition) is 1. The predicted molar refractivity (Wildman–Crippen MR) is 105 cm³/mol. The highest BCUT2D eigenvalue weighted by Crippen LogP contribution is 2.17. The second kappa shape index (κ2) is 10.7. The fourth-order valence-electron chi connectivity index (χ4n) is 2.13. The Bertz CT molecular complexity index is 779. The number of esters is 1. The van der Waals surface area contributed by atoms with E-state index in [1.165, 1.54) is 23.5 Å². The molecule has 1 atom stereocenters. The van der Waals surface area contributed by atoms with Crippen LogP contribution in [0.25, 0.3) is 0 Å². The summed E-state index contributed by atoms with van der Waals surface area (Å²) in [5, 5.41) is 6.49. The van der Waals surface area contributed by atoms with E-state index in [2.05, 4.69) is 15.5 Å². The van der Waals surface area contributed by atoms with E-state index in [0.29, 0.717) is 24.0 Å². The maximum Gasteiger partial charge on any atom is 0.311 e. The van der Waals surface area contributed by atoms with Crippen molar-refractivity contribution in [3.05, 3.63) is 46.2 Å². The Kier molecular flexibility index (Phi) is 8.35. The number of nitrogens with zero attached hydrogens (tertiary/aromatic N) is 2. The number of rotatable bonds is 10. The van der Waals surface area contributed by atoms with Crippen LogP contribution in [0.2, 0.25) is 0 Å². The number of ether oxygens (including phenoxy) is 2. The van der Waals surface area contributed by atoms with E-state index in [9.17, 15) is 9.18 Å². The highest BCUT2D eigenvalue weighted by atomic mass is 32.1. The van der Waals surface area contributed by atoms with E-state index in [1.807, 2.05) is 13.8 Å². The number of carbonyl (C=O) groups is 1. The zero-order valence-corrected chi connectivity index (χ0v) is 16.5. The Morgan fingerprint density at radius 3 is 3.00 bits per heavy atom. The molecule has 2 aromatic rings. The first kappa shape index (κ1) is 21.0. The van der Waals surface area contributed by atoms with Crippen LogP contribution in [-0.2, 0) is 27.3 Å². The first-order valence-corrected chi connectivity index (χ1v) is 9.68. The Labute approximate surface area is 162 Å². The molecule has 0 radical (unpaired) electrons. The number of halogens is 1. The molecular formula is C19H24FN3O3S. The van der Waals surface area contributed by atoms with Crippen molar-refractivity contribution < 1.29 is 18.7 Å². The molecule has 27 heavy (non-hydrogen) atoms. The Hall–Kier alpha value is -2.32. The molecule has 0 amide bonds. The lowest BCUT2D eigenvalue weighted by atomic mass is 10.1. The van der Waals surface area contributed by atoms with Gasteiger partial charge in [0.15, 0.2) is 0 Å². The van der Waals surface area contributed by atoms with Crippen molar-refractivity contribution >= 4 is 28.7 Å². The van der Waals surface area contributed by atoms with Crippen LogP contribution in [0.3, 0.4) is 0 Å². The van der Waals surface area contributed by atoms with E-state index < -0.39 is 0 Å². The summed E-state index contributed by atoms with van der Waals surface area (Å²) >= 11 is 1.34. The summed E-state index contributed by atoms with van der Waals surface area (Å²) in [4.78, 5) is 15.7. The van der Waals surface area contributed by atoms with Gasteiger partial charge in [0.25, 0.3) is 0 Å². The molecule has 0 fully saturated rings. The highest BCUT2D eigenvalue weighted by molar-refractivity contribution is 7.13. The molecule has 1 aromatic heterocycles. The molecule has 0 aliphatic heterocycles. The van der Waals surface area contributed by atoms with Crippen LogP contribution in [0.5, 0.6) is 0 Å². The standard InChI is InChI=1S/C19H24FN3O3S/c1-4-13(3)26-11-15-8-16(20)7-6-14(15)10-21-23-19-22-17(12-27-19)9-18(24)25-5-2/h6-8,10,12-13H,4-5,9,11H2,1-3H3,(H,22,23). The summed E-state index contributed by atoms with van der Waals surface area (Å²) in [5.41, 5.74) is 4.94. The van der Waals surface area contributed by atoms with Gasteiger partial charge in [0, 0.05) is 10.9 Å². The molecule has 6 nitrogen and oxygen atoms in total. The minimum absolute atomic E-state index is 0.101.